The van der Waals surface area contributed by atoms with E-state index in [-0.39, 0.29) is 37.0 Å². The van der Waals surface area contributed by atoms with E-state index in [2.05, 4.69) is 22.0 Å². The van der Waals surface area contributed by atoms with Gasteiger partial charge in [-0.05, 0) is 46.0 Å². The Kier molecular flexibility index (Phi) is 12.1. The van der Waals surface area contributed by atoms with Crippen molar-refractivity contribution in [3.05, 3.63) is 164 Å². The lowest BCUT2D eigenvalue weighted by Crippen LogP contribution is -2.51. The molecule has 1 amide bonds. The number of aliphatic hydroxyl groups excluding tert-OH is 1. The minimum absolute atomic E-state index is 0.0412. The number of piperazine rings is 1. The summed E-state index contributed by atoms with van der Waals surface area (Å²) in [5, 5.41) is 23.0. The Hall–Kier alpha value is -5.74. The maximum atomic E-state index is 14.2. The number of ether oxygens (including phenoxy) is 2. The molecule has 0 bridgehead atoms. The molecule has 10 nitrogen and oxygen atoms in total. The molecule has 2 aliphatic rings. The fourth-order valence-electron chi connectivity index (χ4n) is 7.32. The number of rotatable bonds is 11. The highest BCUT2D eigenvalue weighted by atomic mass is 19.2. The normalized spacial score (nSPS) is 19.9. The molecule has 58 heavy (non-hydrogen) atoms. The number of nitrogens with one attached hydrogen (secondary N) is 1. The number of nitrogens with zero attached hydrogens (tertiary/aromatic N) is 3. The van der Waals surface area contributed by atoms with Gasteiger partial charge in [-0.25, -0.2) is 22.0 Å². The maximum absolute atomic E-state index is 14.2. The van der Waals surface area contributed by atoms with E-state index in [1.165, 1.54) is 12.1 Å². The van der Waals surface area contributed by atoms with Crippen LogP contribution >= 0.6 is 0 Å². The highest BCUT2D eigenvalue weighted by molar-refractivity contribution is 5.94. The molecule has 15 heteroatoms. The standard InChI is InChI=1S/C43H39F5N4O6/c1-25-34(23-50-17-19-51(20-18-50)32-13-15-33(16-14-32)52(55)56)57-43(58-41(25)29-7-5-26(24-53)6-8-29)30-11-9-28(10-12-30)31-4-2-3-27(21-31)22-49-42(54)35-36(44)38(46)40(48)39(47)37(35)45/h2-16,21,25,34,41,43,53H,17-20,22-24H2,1H3,(H,49,54). The second-order valence-electron chi connectivity index (χ2n) is 14.3. The van der Waals surface area contributed by atoms with Crippen LogP contribution in [0.1, 0.15) is 51.9 Å². The van der Waals surface area contributed by atoms with Gasteiger partial charge in [0.2, 0.25) is 5.82 Å². The van der Waals surface area contributed by atoms with Crippen molar-refractivity contribution in [1.82, 2.24) is 10.2 Å². The van der Waals surface area contributed by atoms with Gasteiger partial charge in [0.15, 0.2) is 29.6 Å². The van der Waals surface area contributed by atoms with Gasteiger partial charge in [0, 0.05) is 68.6 Å². The van der Waals surface area contributed by atoms with Gasteiger partial charge < -0.3 is 24.8 Å². The number of halogens is 5. The van der Waals surface area contributed by atoms with E-state index in [9.17, 15) is 42.0 Å². The number of amides is 1. The number of non-ortho nitro benzene ring substituents is 1. The molecule has 0 saturated carbocycles. The van der Waals surface area contributed by atoms with Crippen molar-refractivity contribution in [3.63, 3.8) is 0 Å². The molecule has 2 heterocycles. The lowest BCUT2D eigenvalue weighted by Gasteiger charge is -2.44. The van der Waals surface area contributed by atoms with Gasteiger partial charge in [0.25, 0.3) is 11.6 Å². The van der Waals surface area contributed by atoms with Crippen molar-refractivity contribution >= 4 is 17.3 Å². The van der Waals surface area contributed by atoms with Crippen molar-refractivity contribution < 1.29 is 46.3 Å². The van der Waals surface area contributed by atoms with Crippen molar-refractivity contribution in [2.24, 2.45) is 5.92 Å². The highest BCUT2D eigenvalue weighted by Crippen LogP contribution is 2.42. The predicted molar refractivity (Wildman–Crippen MR) is 204 cm³/mol. The second kappa shape index (κ2) is 17.4. The zero-order chi connectivity index (χ0) is 41.1. The number of aliphatic hydroxyl groups is 1. The van der Waals surface area contributed by atoms with Crippen LogP contribution in [0.4, 0.5) is 33.3 Å². The van der Waals surface area contributed by atoms with Gasteiger partial charge in [-0.3, -0.25) is 19.8 Å². The van der Waals surface area contributed by atoms with Gasteiger partial charge >= 0.3 is 0 Å². The summed E-state index contributed by atoms with van der Waals surface area (Å²) < 4.78 is 82.5. The summed E-state index contributed by atoms with van der Waals surface area (Å²) in [5.41, 5.74) is 3.97. The molecule has 0 aliphatic carbocycles. The quantitative estimate of drug-likeness (QED) is 0.0454. The predicted octanol–water partition coefficient (Wildman–Crippen LogP) is 7.99. The average molecular weight is 803 g/mol. The topological polar surface area (TPSA) is 117 Å². The zero-order valence-electron chi connectivity index (χ0n) is 31.2. The van der Waals surface area contributed by atoms with Gasteiger partial charge in [0.1, 0.15) is 5.56 Å². The van der Waals surface area contributed by atoms with Crippen LogP contribution in [-0.2, 0) is 22.6 Å². The van der Waals surface area contributed by atoms with Crippen LogP contribution in [0.2, 0.25) is 0 Å². The smallest absolute Gasteiger partial charge is 0.269 e. The molecule has 2 aliphatic heterocycles. The minimum atomic E-state index is -2.34. The molecule has 0 aromatic heterocycles. The summed E-state index contributed by atoms with van der Waals surface area (Å²) in [6, 6.07) is 28.7. The fraction of sp³-hybridized carbons (Fsp3) is 0.279. The van der Waals surface area contributed by atoms with Crippen LogP contribution in [0.15, 0.2) is 97.1 Å². The van der Waals surface area contributed by atoms with Crippen LogP contribution in [-0.4, -0.2) is 59.7 Å². The molecule has 0 spiro atoms. The average Bonchev–Trinajstić information content (AvgIpc) is 3.25. The van der Waals surface area contributed by atoms with Crippen molar-refractivity contribution in [1.29, 1.82) is 0 Å². The lowest BCUT2D eigenvalue weighted by molar-refractivity contribution is -0.384. The minimum Gasteiger partial charge on any atom is -0.392 e. The molecular weight excluding hydrogens is 763 g/mol. The summed E-state index contributed by atoms with van der Waals surface area (Å²) in [4.78, 5) is 27.7. The first kappa shape index (κ1) is 40.5. The lowest BCUT2D eigenvalue weighted by atomic mass is 9.89. The van der Waals surface area contributed by atoms with E-state index in [1.807, 2.05) is 54.6 Å². The number of anilines is 1. The first-order valence-electron chi connectivity index (χ1n) is 18.6. The first-order chi connectivity index (χ1) is 27.9. The molecule has 302 valence electrons. The third-order valence-corrected chi connectivity index (χ3v) is 10.7. The highest BCUT2D eigenvalue weighted by Gasteiger charge is 2.39. The number of hydrogen-bond acceptors (Lipinski definition) is 8. The van der Waals surface area contributed by atoms with E-state index in [0.717, 1.165) is 59.7 Å². The summed E-state index contributed by atoms with van der Waals surface area (Å²) in [6.07, 6.45) is -1.26. The maximum Gasteiger partial charge on any atom is 0.269 e. The van der Waals surface area contributed by atoms with Crippen LogP contribution in [0, 0.1) is 45.1 Å². The molecular formula is C43H39F5N4O6. The summed E-state index contributed by atoms with van der Waals surface area (Å²) in [7, 11) is 0. The molecule has 4 unspecified atom stereocenters. The third kappa shape index (κ3) is 8.57. The molecule has 0 radical (unpaired) electrons. The number of benzene rings is 5. The molecule has 2 fully saturated rings. The molecule has 7 rings (SSSR count). The van der Waals surface area contributed by atoms with E-state index in [1.54, 1.807) is 30.3 Å². The van der Waals surface area contributed by atoms with Gasteiger partial charge in [-0.1, -0.05) is 73.7 Å². The Bertz CT molecular complexity index is 2240. The Balaban J connectivity index is 1.04. The Labute approximate surface area is 330 Å². The summed E-state index contributed by atoms with van der Waals surface area (Å²) in [6.45, 7) is 5.42. The number of nitro benzene ring substituents is 1. The van der Waals surface area contributed by atoms with E-state index in [0.29, 0.717) is 12.1 Å². The molecule has 2 N–H and O–H groups in total. The molecule has 2 saturated heterocycles. The second-order valence-corrected chi connectivity index (χ2v) is 14.3. The fourth-order valence-corrected chi connectivity index (χ4v) is 7.32. The van der Waals surface area contributed by atoms with Crippen LogP contribution < -0.4 is 10.2 Å². The van der Waals surface area contributed by atoms with Gasteiger partial charge in [-0.2, -0.15) is 0 Å². The molecule has 5 aromatic rings. The van der Waals surface area contributed by atoms with E-state index in [4.69, 9.17) is 9.47 Å². The number of nitro groups is 1. The van der Waals surface area contributed by atoms with E-state index < -0.39 is 51.8 Å². The Morgan fingerprint density at radius 2 is 1.40 bits per heavy atom. The van der Waals surface area contributed by atoms with E-state index >= 15 is 0 Å². The van der Waals surface area contributed by atoms with Gasteiger partial charge in [0.05, 0.1) is 23.7 Å². The largest absolute Gasteiger partial charge is 0.392 e. The zero-order valence-corrected chi connectivity index (χ0v) is 31.2. The number of hydrogen-bond donors (Lipinski definition) is 2. The van der Waals surface area contributed by atoms with Crippen molar-refractivity contribution in [2.45, 2.75) is 38.6 Å². The number of carbonyl (C=O) groups is 1. The third-order valence-electron chi connectivity index (χ3n) is 10.7. The van der Waals surface area contributed by atoms with Crippen molar-refractivity contribution in [2.75, 3.05) is 37.6 Å². The molecule has 4 atom stereocenters. The first-order valence-corrected chi connectivity index (χ1v) is 18.6. The van der Waals surface area contributed by atoms with Crippen LogP contribution in [0.3, 0.4) is 0 Å². The van der Waals surface area contributed by atoms with Crippen LogP contribution in [0.25, 0.3) is 11.1 Å². The molecule has 5 aromatic carbocycles. The Morgan fingerprint density at radius 1 is 0.776 bits per heavy atom. The summed E-state index contributed by atoms with van der Waals surface area (Å²) in [5.74, 6) is -12.7. The Morgan fingerprint density at radius 3 is 2.02 bits per heavy atom. The van der Waals surface area contributed by atoms with Gasteiger partial charge in [-0.15, -0.1) is 0 Å². The summed E-state index contributed by atoms with van der Waals surface area (Å²) >= 11 is 0. The SMILES string of the molecule is CC1C(CN2CCN(c3ccc([N+](=O)[O-])cc3)CC2)OC(c2ccc(-c3cccc(CNC(=O)c4c(F)c(F)c(F)c(F)c4F)c3)cc2)OC1c1ccc(CO)cc1. The number of carbonyl (C=O) groups excluding carboxylic acids is 1. The monoisotopic (exact) mass is 802 g/mol. The van der Waals surface area contributed by atoms with Crippen LogP contribution in [0.5, 0.6) is 0 Å². The van der Waals surface area contributed by atoms with Crippen molar-refractivity contribution in [3.8, 4) is 11.1 Å².